The van der Waals surface area contributed by atoms with Crippen molar-refractivity contribution in [3.63, 3.8) is 0 Å². The van der Waals surface area contributed by atoms with E-state index in [1.165, 1.54) is 0 Å². The predicted molar refractivity (Wildman–Crippen MR) is 48.5 cm³/mol. The summed E-state index contributed by atoms with van der Waals surface area (Å²) in [5, 5.41) is 0. The summed E-state index contributed by atoms with van der Waals surface area (Å²) in [6.07, 6.45) is -4.80. The van der Waals surface area contributed by atoms with Gasteiger partial charge in [0.25, 0.3) is 10.1 Å². The molecule has 1 N–H and O–H groups in total. The van der Waals surface area contributed by atoms with Crippen molar-refractivity contribution < 1.29 is 26.1 Å². The second-order valence-corrected chi connectivity index (χ2v) is 3.86. The maximum absolute atomic E-state index is 12.2. The third-order valence-corrected chi connectivity index (χ3v) is 2.38. The minimum absolute atomic E-state index is 0. The Morgan fingerprint density at radius 3 is 1.93 bits per heavy atom. The maximum atomic E-state index is 12.2. The van der Waals surface area contributed by atoms with Gasteiger partial charge in [-0.25, -0.2) is 0 Å². The molecule has 1 aromatic rings. The summed E-state index contributed by atoms with van der Waals surface area (Å²) < 4.78 is 66.2. The van der Waals surface area contributed by atoms with Gasteiger partial charge >= 0.3 is 6.18 Å². The van der Waals surface area contributed by atoms with Crippen molar-refractivity contribution in [2.24, 2.45) is 0 Å². The second-order valence-electron chi connectivity index (χ2n) is 2.47. The molecule has 0 radical (unpaired) electrons. The van der Waals surface area contributed by atoms with E-state index in [0.29, 0.717) is 12.1 Å². The Labute approximate surface area is 90.1 Å². The van der Waals surface area contributed by atoms with E-state index in [1.54, 1.807) is 0 Å². The number of alkyl halides is 3. The highest BCUT2D eigenvalue weighted by Gasteiger charge is 2.36. The molecule has 0 atom stereocenters. The smallest absolute Gasteiger partial charge is 0.282 e. The lowest BCUT2D eigenvalue weighted by Crippen LogP contribution is -2.12. The van der Waals surface area contributed by atoms with Gasteiger partial charge in [-0.05, 0) is 12.1 Å². The van der Waals surface area contributed by atoms with Crippen LogP contribution in [0.1, 0.15) is 5.56 Å². The summed E-state index contributed by atoms with van der Waals surface area (Å²) in [4.78, 5) is -1.13. The van der Waals surface area contributed by atoms with Gasteiger partial charge < -0.3 is 0 Å². The predicted octanol–water partition coefficient (Wildman–Crippen LogP) is 2.37. The topological polar surface area (TPSA) is 54.4 Å². The van der Waals surface area contributed by atoms with Crippen LogP contribution in [0.4, 0.5) is 13.2 Å². The number of hydrogen-bond donors (Lipinski definition) is 1. The molecule has 0 bridgehead atoms. The first-order chi connectivity index (χ1) is 6.23. The Hall–Kier alpha value is -0.790. The average Bonchev–Trinajstić information content (AvgIpc) is 2.01. The van der Waals surface area contributed by atoms with Crippen LogP contribution in [-0.2, 0) is 16.3 Å². The number of halogens is 4. The van der Waals surface area contributed by atoms with Gasteiger partial charge in [0.2, 0.25) is 0 Å². The van der Waals surface area contributed by atoms with Gasteiger partial charge in [0, 0.05) is 0 Å². The van der Waals surface area contributed by atoms with Gasteiger partial charge in [-0.15, -0.1) is 12.4 Å². The van der Waals surface area contributed by atoms with Gasteiger partial charge in [-0.3, -0.25) is 4.55 Å². The van der Waals surface area contributed by atoms with E-state index in [4.69, 9.17) is 4.55 Å². The fourth-order valence-corrected chi connectivity index (χ4v) is 1.64. The highest BCUT2D eigenvalue weighted by molar-refractivity contribution is 7.85. The van der Waals surface area contributed by atoms with Crippen molar-refractivity contribution in [2.45, 2.75) is 11.1 Å². The number of rotatable bonds is 1. The van der Waals surface area contributed by atoms with Crippen molar-refractivity contribution in [2.75, 3.05) is 0 Å². The second kappa shape index (κ2) is 4.38. The third-order valence-electron chi connectivity index (χ3n) is 1.47. The molecular formula is C7H6ClF3O3S. The zero-order chi connectivity index (χ0) is 11.0. The van der Waals surface area contributed by atoms with Crippen molar-refractivity contribution in [3.8, 4) is 0 Å². The molecule has 86 valence electrons. The molecule has 0 unspecified atom stereocenters. The first-order valence-electron chi connectivity index (χ1n) is 3.36. The van der Waals surface area contributed by atoms with Gasteiger partial charge in [0.15, 0.2) is 0 Å². The molecule has 15 heavy (non-hydrogen) atoms. The molecule has 0 amide bonds. The number of hydrogen-bond acceptors (Lipinski definition) is 2. The summed E-state index contributed by atoms with van der Waals surface area (Å²) >= 11 is 0. The fraction of sp³-hybridized carbons (Fsp3) is 0.143. The Kier molecular flexibility index (Phi) is 4.15. The first-order valence-corrected chi connectivity index (χ1v) is 4.80. The molecule has 1 rings (SSSR count). The van der Waals surface area contributed by atoms with Gasteiger partial charge in [0.05, 0.1) is 5.56 Å². The molecule has 0 saturated carbocycles. The maximum Gasteiger partial charge on any atom is 0.417 e. The normalized spacial score (nSPS) is 12.0. The zero-order valence-corrected chi connectivity index (χ0v) is 8.66. The monoisotopic (exact) mass is 262 g/mol. The van der Waals surface area contributed by atoms with Crippen LogP contribution < -0.4 is 0 Å². The van der Waals surface area contributed by atoms with Crippen LogP contribution >= 0.6 is 12.4 Å². The Morgan fingerprint density at radius 1 is 1.13 bits per heavy atom. The molecule has 8 heteroatoms. The molecule has 0 heterocycles. The molecule has 1 aromatic carbocycles. The minimum Gasteiger partial charge on any atom is -0.282 e. The quantitative estimate of drug-likeness (QED) is 0.791. The van der Waals surface area contributed by atoms with E-state index in [-0.39, 0.29) is 12.4 Å². The summed E-state index contributed by atoms with van der Waals surface area (Å²) in [5.74, 6) is 0. The van der Waals surface area contributed by atoms with Crippen LogP contribution in [0.5, 0.6) is 0 Å². The Balaban J connectivity index is 0.00000196. The lowest BCUT2D eigenvalue weighted by atomic mass is 10.2. The van der Waals surface area contributed by atoms with E-state index >= 15 is 0 Å². The molecule has 0 aliphatic carbocycles. The Morgan fingerprint density at radius 2 is 1.60 bits per heavy atom. The van der Waals surface area contributed by atoms with Gasteiger partial charge in [-0.2, -0.15) is 21.6 Å². The summed E-state index contributed by atoms with van der Waals surface area (Å²) in [5.41, 5.74) is -1.37. The van der Waals surface area contributed by atoms with Crippen molar-refractivity contribution in [1.29, 1.82) is 0 Å². The highest BCUT2D eigenvalue weighted by atomic mass is 35.5. The standard InChI is InChI=1S/C7H5F3O3S.ClH/c8-7(9,10)5-3-1-2-4-6(5)14(11,12)13;/h1-4H,(H,11,12,13);1H. The van der Waals surface area contributed by atoms with Crippen molar-refractivity contribution in [1.82, 2.24) is 0 Å². The molecule has 3 nitrogen and oxygen atoms in total. The SMILES string of the molecule is Cl.O=S(=O)(O)c1ccccc1C(F)(F)F. The van der Waals surface area contributed by atoms with E-state index in [9.17, 15) is 21.6 Å². The molecule has 0 aliphatic heterocycles. The molecule has 0 spiro atoms. The molecule has 0 saturated heterocycles. The van der Waals surface area contributed by atoms with Crippen LogP contribution in [0.15, 0.2) is 29.2 Å². The van der Waals surface area contributed by atoms with E-state index in [2.05, 4.69) is 0 Å². The van der Waals surface area contributed by atoms with Crippen LogP contribution in [0.3, 0.4) is 0 Å². The van der Waals surface area contributed by atoms with Gasteiger partial charge in [-0.1, -0.05) is 12.1 Å². The minimum atomic E-state index is -4.84. The van der Waals surface area contributed by atoms with Crippen LogP contribution in [0.25, 0.3) is 0 Å². The third kappa shape index (κ3) is 3.37. The molecular weight excluding hydrogens is 257 g/mol. The zero-order valence-electron chi connectivity index (χ0n) is 7.02. The lowest BCUT2D eigenvalue weighted by Gasteiger charge is -2.09. The summed E-state index contributed by atoms with van der Waals surface area (Å²) in [7, 11) is -4.84. The van der Waals surface area contributed by atoms with E-state index < -0.39 is 26.8 Å². The van der Waals surface area contributed by atoms with Crippen molar-refractivity contribution >= 4 is 22.5 Å². The fourth-order valence-electron chi connectivity index (χ4n) is 0.926. The van der Waals surface area contributed by atoms with E-state index in [1.807, 2.05) is 0 Å². The molecule has 0 aliphatic rings. The first kappa shape index (κ1) is 14.2. The summed E-state index contributed by atoms with van der Waals surface area (Å²) in [6.45, 7) is 0. The molecule has 0 fully saturated rings. The number of benzene rings is 1. The molecule has 0 aromatic heterocycles. The van der Waals surface area contributed by atoms with Crippen LogP contribution in [0, 0.1) is 0 Å². The van der Waals surface area contributed by atoms with Crippen LogP contribution in [-0.4, -0.2) is 13.0 Å². The summed E-state index contributed by atoms with van der Waals surface area (Å²) in [6, 6.07) is 3.41. The average molecular weight is 263 g/mol. The van der Waals surface area contributed by atoms with Gasteiger partial charge in [0.1, 0.15) is 4.90 Å². The lowest BCUT2D eigenvalue weighted by molar-refractivity contribution is -0.140. The highest BCUT2D eigenvalue weighted by Crippen LogP contribution is 2.33. The van der Waals surface area contributed by atoms with Crippen LogP contribution in [0.2, 0.25) is 0 Å². The largest absolute Gasteiger partial charge is 0.417 e. The Bertz CT molecular complexity index is 441. The van der Waals surface area contributed by atoms with Crippen molar-refractivity contribution in [3.05, 3.63) is 29.8 Å². The van der Waals surface area contributed by atoms with E-state index in [0.717, 1.165) is 12.1 Å².